The van der Waals surface area contributed by atoms with E-state index >= 15 is 0 Å². The number of nitrogens with two attached hydrogens (primary N) is 3. The largest absolute Gasteiger partial charge is 0.457 e. The van der Waals surface area contributed by atoms with Crippen molar-refractivity contribution in [1.82, 2.24) is 0 Å². The summed E-state index contributed by atoms with van der Waals surface area (Å²) >= 11 is 0. The summed E-state index contributed by atoms with van der Waals surface area (Å²) in [5, 5.41) is 0. The molecule has 0 amide bonds. The van der Waals surface area contributed by atoms with Gasteiger partial charge in [-0.1, -0.05) is 6.42 Å². The van der Waals surface area contributed by atoms with Crippen LogP contribution < -0.4 is 17.2 Å². The normalized spacial score (nSPS) is 13.9. The highest BCUT2D eigenvalue weighted by molar-refractivity contribution is 5.83. The fourth-order valence-electron chi connectivity index (χ4n) is 1.58. The Hall–Kier alpha value is -0.980. The number of rotatable bonds is 11. The van der Waals surface area contributed by atoms with Crippen molar-refractivity contribution in [3.8, 4) is 0 Å². The predicted octanol–water partition coefficient (Wildman–Crippen LogP) is 0.0725. The molecule has 0 rings (SSSR count). The van der Waals surface area contributed by atoms with E-state index in [1.54, 1.807) is 0 Å². The minimum atomic E-state index is -0.664. The average Bonchev–Trinajstić information content (AvgIpc) is 2.35. The van der Waals surface area contributed by atoms with Crippen LogP contribution >= 0.6 is 0 Å². The summed E-state index contributed by atoms with van der Waals surface area (Å²) in [6, 6.07) is -0.574. The fraction of sp³-hybridized carbons (Fsp3) is 0.846. The van der Waals surface area contributed by atoms with Crippen LogP contribution in [0.2, 0.25) is 0 Å². The van der Waals surface area contributed by atoms with Crippen molar-refractivity contribution in [1.29, 1.82) is 0 Å². The molecule has 0 saturated carbocycles. The molecule has 0 aromatic carbocycles. The summed E-state index contributed by atoms with van der Waals surface area (Å²) in [4.78, 5) is 22.9. The van der Waals surface area contributed by atoms with E-state index in [1.807, 2.05) is 6.92 Å². The zero-order chi connectivity index (χ0) is 14.7. The highest BCUT2D eigenvalue weighted by Gasteiger charge is 2.15. The Balaban J connectivity index is 3.67. The smallest absolute Gasteiger partial charge is 0.323 e. The third-order valence-electron chi connectivity index (χ3n) is 2.76. The van der Waals surface area contributed by atoms with Crippen LogP contribution in [0.15, 0.2) is 0 Å². The van der Waals surface area contributed by atoms with Gasteiger partial charge in [-0.2, -0.15) is 0 Å². The van der Waals surface area contributed by atoms with Gasteiger partial charge in [-0.05, 0) is 39.2 Å². The van der Waals surface area contributed by atoms with Gasteiger partial charge in [0.05, 0.1) is 0 Å². The Morgan fingerprint density at radius 2 is 1.79 bits per heavy atom. The highest BCUT2D eigenvalue weighted by Crippen LogP contribution is 2.02. The van der Waals surface area contributed by atoms with Gasteiger partial charge in [0.15, 0.2) is 5.78 Å². The molecule has 6 nitrogen and oxygen atoms in total. The molecule has 19 heavy (non-hydrogen) atoms. The Kier molecular flexibility index (Phi) is 10.3. The lowest BCUT2D eigenvalue weighted by Crippen LogP contribution is -2.33. The van der Waals surface area contributed by atoms with Crippen molar-refractivity contribution in [2.24, 2.45) is 17.2 Å². The van der Waals surface area contributed by atoms with Gasteiger partial charge in [-0.3, -0.25) is 9.59 Å². The topological polar surface area (TPSA) is 121 Å². The molecule has 0 aliphatic rings. The number of carbonyl (C=O) groups excluding carboxylic acids is 2. The van der Waals surface area contributed by atoms with E-state index < -0.39 is 12.0 Å². The minimum Gasteiger partial charge on any atom is -0.457 e. The van der Waals surface area contributed by atoms with Crippen molar-refractivity contribution in [2.45, 2.75) is 57.5 Å². The molecule has 0 heterocycles. The maximum Gasteiger partial charge on any atom is 0.323 e. The molecular weight excluding hydrogens is 246 g/mol. The fourth-order valence-corrected chi connectivity index (χ4v) is 1.58. The second-order valence-electron chi connectivity index (χ2n) is 4.91. The summed E-state index contributed by atoms with van der Waals surface area (Å²) in [5.74, 6) is -0.610. The summed E-state index contributed by atoms with van der Waals surface area (Å²) in [6.45, 7) is 2.28. The molecule has 0 aromatic rings. The lowest BCUT2D eigenvalue weighted by atomic mass is 10.1. The van der Waals surface area contributed by atoms with E-state index in [4.69, 9.17) is 21.9 Å². The summed E-state index contributed by atoms with van der Waals surface area (Å²) < 4.78 is 4.88. The van der Waals surface area contributed by atoms with Gasteiger partial charge in [0.1, 0.15) is 12.6 Å². The Bertz CT molecular complexity index is 270. The Morgan fingerprint density at radius 1 is 1.11 bits per heavy atom. The molecule has 0 fully saturated rings. The number of carbonyl (C=O) groups is 2. The molecule has 6 N–H and O–H groups in total. The summed E-state index contributed by atoms with van der Waals surface area (Å²) in [7, 11) is 0. The van der Waals surface area contributed by atoms with Gasteiger partial charge in [0, 0.05) is 12.5 Å². The highest BCUT2D eigenvalue weighted by atomic mass is 16.5. The quantitative estimate of drug-likeness (QED) is 0.362. The molecule has 0 spiro atoms. The van der Waals surface area contributed by atoms with E-state index in [1.165, 1.54) is 0 Å². The summed E-state index contributed by atoms with van der Waals surface area (Å²) in [6.07, 6.45) is 4.05. The zero-order valence-corrected chi connectivity index (χ0v) is 11.8. The van der Waals surface area contributed by atoms with Crippen molar-refractivity contribution in [3.05, 3.63) is 0 Å². The lowest BCUT2D eigenvalue weighted by Gasteiger charge is -2.11. The third kappa shape index (κ3) is 10.6. The van der Waals surface area contributed by atoms with Gasteiger partial charge in [-0.25, -0.2) is 0 Å². The van der Waals surface area contributed by atoms with E-state index in [0.717, 1.165) is 25.7 Å². The van der Waals surface area contributed by atoms with Gasteiger partial charge in [0.25, 0.3) is 0 Å². The van der Waals surface area contributed by atoms with Crippen molar-refractivity contribution in [2.75, 3.05) is 13.2 Å². The molecule has 0 radical (unpaired) electrons. The van der Waals surface area contributed by atoms with E-state index in [0.29, 0.717) is 19.4 Å². The lowest BCUT2D eigenvalue weighted by molar-refractivity contribution is -0.149. The second kappa shape index (κ2) is 10.9. The van der Waals surface area contributed by atoms with Gasteiger partial charge in [0.2, 0.25) is 0 Å². The maximum absolute atomic E-state index is 11.5. The van der Waals surface area contributed by atoms with Crippen LogP contribution in [0, 0.1) is 0 Å². The van der Waals surface area contributed by atoms with Crippen LogP contribution in [0.25, 0.3) is 0 Å². The van der Waals surface area contributed by atoms with Crippen LogP contribution in [0.3, 0.4) is 0 Å². The first-order valence-electron chi connectivity index (χ1n) is 6.87. The SMILES string of the molecule is CC(N)CCCC(=O)COC(=O)[C@@H](N)CCCCN. The minimum absolute atomic E-state index is 0.0892. The van der Waals surface area contributed by atoms with Crippen LogP contribution in [0.4, 0.5) is 0 Å². The van der Waals surface area contributed by atoms with Crippen LogP contribution in [0.5, 0.6) is 0 Å². The van der Waals surface area contributed by atoms with Crippen LogP contribution in [0.1, 0.15) is 45.4 Å². The predicted molar refractivity (Wildman–Crippen MR) is 74.3 cm³/mol. The average molecular weight is 273 g/mol. The number of hydrogen-bond donors (Lipinski definition) is 3. The number of ether oxygens (including phenoxy) is 1. The number of Topliss-reactive ketones (excluding diaryl/α,β-unsaturated/α-hetero) is 1. The molecular formula is C13H27N3O3. The standard InChI is InChI=1S/C13H27N3O3/c1-10(15)5-4-6-11(17)9-19-13(18)12(16)7-2-3-8-14/h10,12H,2-9,14-16H2,1H3/t10?,12-/m0/s1. The van der Waals surface area contributed by atoms with E-state index in [9.17, 15) is 9.59 Å². The first-order valence-corrected chi connectivity index (χ1v) is 6.87. The van der Waals surface area contributed by atoms with E-state index in [-0.39, 0.29) is 18.4 Å². The zero-order valence-electron chi connectivity index (χ0n) is 11.8. The number of esters is 1. The Labute approximate surface area is 115 Å². The van der Waals surface area contributed by atoms with Crippen molar-refractivity contribution >= 4 is 11.8 Å². The molecule has 0 bridgehead atoms. The van der Waals surface area contributed by atoms with Crippen LogP contribution in [-0.4, -0.2) is 37.0 Å². The molecule has 0 aliphatic heterocycles. The molecule has 1 unspecified atom stereocenters. The van der Waals surface area contributed by atoms with Crippen LogP contribution in [-0.2, 0) is 14.3 Å². The monoisotopic (exact) mass is 273 g/mol. The van der Waals surface area contributed by atoms with Gasteiger partial charge < -0.3 is 21.9 Å². The molecule has 2 atom stereocenters. The molecule has 0 saturated heterocycles. The van der Waals surface area contributed by atoms with Gasteiger partial charge in [-0.15, -0.1) is 0 Å². The molecule has 112 valence electrons. The van der Waals surface area contributed by atoms with E-state index in [2.05, 4.69) is 0 Å². The van der Waals surface area contributed by atoms with Crippen molar-refractivity contribution in [3.63, 3.8) is 0 Å². The summed E-state index contributed by atoms with van der Waals surface area (Å²) in [5.41, 5.74) is 16.6. The number of unbranched alkanes of at least 4 members (excludes halogenated alkanes) is 1. The number of hydrogen-bond acceptors (Lipinski definition) is 6. The third-order valence-corrected chi connectivity index (χ3v) is 2.76. The maximum atomic E-state index is 11.5. The first kappa shape index (κ1) is 18.0. The Morgan fingerprint density at radius 3 is 2.37 bits per heavy atom. The second-order valence-corrected chi connectivity index (χ2v) is 4.91. The molecule has 6 heteroatoms. The van der Waals surface area contributed by atoms with Crippen molar-refractivity contribution < 1.29 is 14.3 Å². The molecule has 0 aliphatic carbocycles. The first-order chi connectivity index (χ1) is 8.97. The molecule has 0 aromatic heterocycles. The number of ketones is 1. The van der Waals surface area contributed by atoms with Gasteiger partial charge >= 0.3 is 5.97 Å².